The fraction of sp³-hybridized carbons (Fsp3) is 0.318. The molecule has 0 bridgehead atoms. The van der Waals surface area contributed by atoms with E-state index in [1.807, 2.05) is 60.7 Å². The predicted molar refractivity (Wildman–Crippen MR) is 102 cm³/mol. The molecule has 2 fully saturated rings. The van der Waals surface area contributed by atoms with Crippen molar-refractivity contribution in [1.29, 1.82) is 0 Å². The molecular formula is C22H22N2O4. The number of hydrogen-bond acceptors (Lipinski definition) is 4. The van der Waals surface area contributed by atoms with Gasteiger partial charge in [0, 0.05) is 0 Å². The number of imide groups is 1. The van der Waals surface area contributed by atoms with Crippen LogP contribution in [0.15, 0.2) is 60.7 Å². The lowest BCUT2D eigenvalue weighted by atomic mass is 9.98. The molecule has 1 aliphatic heterocycles. The molecule has 6 nitrogen and oxygen atoms in total. The van der Waals surface area contributed by atoms with Gasteiger partial charge in [0.15, 0.2) is 6.10 Å². The molecule has 1 saturated heterocycles. The number of nitrogens with one attached hydrogen (secondary N) is 1. The molecule has 0 atom stereocenters. The Morgan fingerprint density at radius 1 is 0.964 bits per heavy atom. The first kappa shape index (κ1) is 18.2. The van der Waals surface area contributed by atoms with Crippen molar-refractivity contribution in [3.05, 3.63) is 71.8 Å². The number of urea groups is 1. The number of benzene rings is 2. The highest BCUT2D eigenvalue weighted by atomic mass is 16.5. The average molecular weight is 378 g/mol. The molecule has 1 heterocycles. The molecule has 0 radical (unpaired) electrons. The van der Waals surface area contributed by atoms with Gasteiger partial charge in [0.05, 0.1) is 0 Å². The van der Waals surface area contributed by atoms with E-state index in [-0.39, 0.29) is 12.5 Å². The van der Waals surface area contributed by atoms with Crippen molar-refractivity contribution in [2.45, 2.75) is 37.3 Å². The monoisotopic (exact) mass is 378 g/mol. The summed E-state index contributed by atoms with van der Waals surface area (Å²) in [4.78, 5) is 38.7. The normalized spacial score (nSPS) is 18.0. The molecule has 1 aliphatic carbocycles. The minimum absolute atomic E-state index is 0.317. The van der Waals surface area contributed by atoms with E-state index in [9.17, 15) is 14.4 Å². The van der Waals surface area contributed by atoms with Crippen LogP contribution < -0.4 is 5.32 Å². The van der Waals surface area contributed by atoms with Crippen LogP contribution >= 0.6 is 0 Å². The van der Waals surface area contributed by atoms with E-state index < -0.39 is 23.6 Å². The summed E-state index contributed by atoms with van der Waals surface area (Å²) in [5, 5.41) is 2.78. The predicted octanol–water partition coefficient (Wildman–Crippen LogP) is 3.18. The van der Waals surface area contributed by atoms with E-state index >= 15 is 0 Å². The van der Waals surface area contributed by atoms with Gasteiger partial charge in [0.2, 0.25) is 0 Å². The Hall–Kier alpha value is -3.15. The minimum atomic E-state index is -0.824. The lowest BCUT2D eigenvalue weighted by Crippen LogP contribution is -2.44. The zero-order valence-corrected chi connectivity index (χ0v) is 15.5. The second kappa shape index (κ2) is 7.46. The van der Waals surface area contributed by atoms with Gasteiger partial charge in [-0.05, 0) is 24.0 Å². The molecule has 28 heavy (non-hydrogen) atoms. The van der Waals surface area contributed by atoms with Crippen LogP contribution in [0.1, 0.15) is 42.9 Å². The van der Waals surface area contributed by atoms with Gasteiger partial charge < -0.3 is 10.1 Å². The third kappa shape index (κ3) is 3.38. The van der Waals surface area contributed by atoms with E-state index in [0.717, 1.165) is 28.9 Å². The van der Waals surface area contributed by atoms with Crippen molar-refractivity contribution in [2.75, 3.05) is 6.54 Å². The van der Waals surface area contributed by atoms with Gasteiger partial charge in [-0.15, -0.1) is 0 Å². The number of hydrogen-bond donors (Lipinski definition) is 1. The molecule has 4 rings (SSSR count). The van der Waals surface area contributed by atoms with Crippen LogP contribution in [-0.4, -0.2) is 34.9 Å². The maximum absolute atomic E-state index is 12.7. The topological polar surface area (TPSA) is 75.7 Å². The van der Waals surface area contributed by atoms with E-state index in [4.69, 9.17) is 4.74 Å². The SMILES string of the molecule is O=C(CN1C(=O)NC2(CCCC2)C1=O)OC(c1ccccc1)c1ccccc1. The maximum Gasteiger partial charge on any atom is 0.327 e. The minimum Gasteiger partial charge on any atom is -0.451 e. The number of amides is 3. The zero-order chi connectivity index (χ0) is 19.6. The van der Waals surface area contributed by atoms with E-state index in [1.165, 1.54) is 0 Å². The van der Waals surface area contributed by atoms with Crippen molar-refractivity contribution < 1.29 is 19.1 Å². The molecule has 144 valence electrons. The summed E-state index contributed by atoms with van der Waals surface area (Å²) in [5.41, 5.74) is 0.827. The number of esters is 1. The van der Waals surface area contributed by atoms with Crippen molar-refractivity contribution in [3.63, 3.8) is 0 Å². The molecule has 1 spiro atoms. The Labute approximate surface area is 163 Å². The fourth-order valence-corrected chi connectivity index (χ4v) is 4.02. The highest BCUT2D eigenvalue weighted by Crippen LogP contribution is 2.35. The molecule has 0 unspecified atom stereocenters. The van der Waals surface area contributed by atoms with Gasteiger partial charge in [0.1, 0.15) is 12.1 Å². The summed E-state index contributed by atoms with van der Waals surface area (Å²) < 4.78 is 5.72. The summed E-state index contributed by atoms with van der Waals surface area (Å²) in [6, 6.07) is 18.3. The van der Waals surface area contributed by atoms with Crippen molar-refractivity contribution >= 4 is 17.9 Å². The van der Waals surface area contributed by atoms with Crippen LogP contribution in [0.25, 0.3) is 0 Å². The smallest absolute Gasteiger partial charge is 0.327 e. The third-order valence-electron chi connectivity index (χ3n) is 5.44. The Bertz CT molecular complexity index is 836. The second-order valence-corrected chi connectivity index (χ2v) is 7.30. The van der Waals surface area contributed by atoms with E-state index in [1.54, 1.807) is 0 Å². The van der Waals surface area contributed by atoms with E-state index in [0.29, 0.717) is 12.8 Å². The van der Waals surface area contributed by atoms with Crippen LogP contribution in [0.4, 0.5) is 4.79 Å². The first-order valence-electron chi connectivity index (χ1n) is 9.53. The van der Waals surface area contributed by atoms with Crippen LogP contribution in [0, 0.1) is 0 Å². The highest BCUT2D eigenvalue weighted by molar-refractivity contribution is 6.08. The van der Waals surface area contributed by atoms with Crippen molar-refractivity contribution in [1.82, 2.24) is 10.2 Å². The van der Waals surface area contributed by atoms with Gasteiger partial charge in [0.25, 0.3) is 5.91 Å². The molecule has 3 amide bonds. The quantitative estimate of drug-likeness (QED) is 0.640. The second-order valence-electron chi connectivity index (χ2n) is 7.30. The number of carbonyl (C=O) groups is 3. The van der Waals surface area contributed by atoms with Gasteiger partial charge >= 0.3 is 12.0 Å². The fourth-order valence-electron chi connectivity index (χ4n) is 4.02. The maximum atomic E-state index is 12.7. The Balaban J connectivity index is 1.51. The summed E-state index contributed by atoms with van der Waals surface area (Å²) in [7, 11) is 0. The van der Waals surface area contributed by atoms with Crippen LogP contribution in [0.2, 0.25) is 0 Å². The number of ether oxygens (including phenoxy) is 1. The molecule has 2 aliphatic rings. The first-order valence-corrected chi connectivity index (χ1v) is 9.53. The lowest BCUT2D eigenvalue weighted by Gasteiger charge is -2.21. The van der Waals surface area contributed by atoms with Crippen LogP contribution in [0.3, 0.4) is 0 Å². The Morgan fingerprint density at radius 3 is 2.04 bits per heavy atom. The highest BCUT2D eigenvalue weighted by Gasteiger charge is 2.52. The molecular weight excluding hydrogens is 356 g/mol. The lowest BCUT2D eigenvalue weighted by molar-refractivity contribution is -0.151. The standard InChI is InChI=1S/C22H22N2O4/c25-18(15-24-20(26)22(23-21(24)27)13-7-8-14-22)28-19(16-9-3-1-4-10-16)17-11-5-2-6-12-17/h1-6,9-12,19H,7-8,13-15H2,(H,23,27). The summed E-state index contributed by atoms with van der Waals surface area (Å²) >= 11 is 0. The summed E-state index contributed by atoms with van der Waals surface area (Å²) in [5.74, 6) is -0.931. The summed E-state index contributed by atoms with van der Waals surface area (Å²) in [6.45, 7) is -0.386. The number of nitrogens with zero attached hydrogens (tertiary/aromatic N) is 1. The number of rotatable bonds is 5. The van der Waals surface area contributed by atoms with Crippen molar-refractivity contribution in [3.8, 4) is 0 Å². The molecule has 0 aromatic heterocycles. The Kier molecular flexibility index (Phi) is 4.86. The molecule has 2 aromatic carbocycles. The number of carbonyl (C=O) groups excluding carboxylic acids is 3. The van der Waals surface area contributed by atoms with Crippen LogP contribution in [0.5, 0.6) is 0 Å². The average Bonchev–Trinajstić information content (AvgIpc) is 3.28. The van der Waals surface area contributed by atoms with Gasteiger partial charge in [-0.3, -0.25) is 14.5 Å². The summed E-state index contributed by atoms with van der Waals surface area (Å²) in [6.07, 6.45) is 2.44. The van der Waals surface area contributed by atoms with E-state index in [2.05, 4.69) is 5.32 Å². The van der Waals surface area contributed by atoms with Crippen molar-refractivity contribution in [2.24, 2.45) is 0 Å². The van der Waals surface area contributed by atoms with Gasteiger partial charge in [-0.25, -0.2) is 4.79 Å². The zero-order valence-electron chi connectivity index (χ0n) is 15.5. The molecule has 1 saturated carbocycles. The molecule has 1 N–H and O–H groups in total. The van der Waals surface area contributed by atoms with Gasteiger partial charge in [-0.1, -0.05) is 73.5 Å². The third-order valence-corrected chi connectivity index (χ3v) is 5.44. The molecule has 2 aromatic rings. The molecule has 6 heteroatoms. The first-order chi connectivity index (χ1) is 13.6. The van der Waals surface area contributed by atoms with Crippen LogP contribution in [-0.2, 0) is 14.3 Å². The Morgan fingerprint density at radius 2 is 1.50 bits per heavy atom. The van der Waals surface area contributed by atoms with Gasteiger partial charge in [-0.2, -0.15) is 0 Å². The largest absolute Gasteiger partial charge is 0.451 e.